The molecule has 3 aromatic rings. The molecule has 2 heterocycles. The first-order chi connectivity index (χ1) is 13.7. The third-order valence-electron chi connectivity index (χ3n) is 5.08. The van der Waals surface area contributed by atoms with Crippen LogP contribution in [0.5, 0.6) is 11.5 Å². The molecular weight excluding hydrogens is 378 g/mol. The smallest absolute Gasteiger partial charge is 0.241 e. The van der Waals surface area contributed by atoms with Crippen LogP contribution in [0.1, 0.15) is 30.3 Å². The van der Waals surface area contributed by atoms with E-state index in [0.29, 0.717) is 23.3 Å². The number of halogens is 1. The fourth-order valence-corrected chi connectivity index (χ4v) is 3.93. The average Bonchev–Trinajstić information content (AvgIpc) is 3.38. The van der Waals surface area contributed by atoms with Crippen LogP contribution in [-0.4, -0.2) is 35.8 Å². The van der Waals surface area contributed by atoms with Crippen LogP contribution >= 0.6 is 11.6 Å². The molecule has 2 aromatic carbocycles. The SMILES string of the molecule is COc1ccc(OC)c([C@H]2CCCN2Cc2nc(-c3ccccc3Cl)no2)c1. The molecule has 1 aromatic heterocycles. The van der Waals surface area contributed by atoms with Crippen molar-refractivity contribution in [1.82, 2.24) is 15.0 Å². The Balaban J connectivity index is 1.57. The summed E-state index contributed by atoms with van der Waals surface area (Å²) in [5.41, 5.74) is 1.89. The van der Waals surface area contributed by atoms with E-state index in [2.05, 4.69) is 15.0 Å². The number of methoxy groups -OCH3 is 2. The molecule has 7 heteroatoms. The molecule has 6 nitrogen and oxygen atoms in total. The van der Waals surface area contributed by atoms with E-state index in [9.17, 15) is 0 Å². The summed E-state index contributed by atoms with van der Waals surface area (Å²) in [6.07, 6.45) is 2.13. The number of aromatic nitrogens is 2. The number of benzene rings is 2. The summed E-state index contributed by atoms with van der Waals surface area (Å²) in [5, 5.41) is 4.71. The third-order valence-corrected chi connectivity index (χ3v) is 5.41. The van der Waals surface area contributed by atoms with Gasteiger partial charge in [0.2, 0.25) is 11.7 Å². The zero-order chi connectivity index (χ0) is 19.5. The van der Waals surface area contributed by atoms with E-state index in [0.717, 1.165) is 42.0 Å². The van der Waals surface area contributed by atoms with Gasteiger partial charge in [-0.25, -0.2) is 0 Å². The van der Waals surface area contributed by atoms with Crippen molar-refractivity contribution in [1.29, 1.82) is 0 Å². The van der Waals surface area contributed by atoms with Crippen LogP contribution in [0.4, 0.5) is 0 Å². The summed E-state index contributed by atoms with van der Waals surface area (Å²) >= 11 is 6.25. The zero-order valence-corrected chi connectivity index (χ0v) is 16.6. The van der Waals surface area contributed by atoms with Crippen LogP contribution in [0.2, 0.25) is 5.02 Å². The highest BCUT2D eigenvalue weighted by Crippen LogP contribution is 2.39. The molecule has 0 spiro atoms. The summed E-state index contributed by atoms with van der Waals surface area (Å²) in [7, 11) is 3.37. The molecule has 0 radical (unpaired) electrons. The predicted molar refractivity (Wildman–Crippen MR) is 107 cm³/mol. The van der Waals surface area contributed by atoms with Gasteiger partial charge in [0.05, 0.1) is 25.8 Å². The van der Waals surface area contributed by atoms with Gasteiger partial charge in [0.25, 0.3) is 0 Å². The first kappa shape index (κ1) is 18.8. The summed E-state index contributed by atoms with van der Waals surface area (Å²) in [6, 6.07) is 13.6. The number of hydrogen-bond donors (Lipinski definition) is 0. The molecule has 1 atom stereocenters. The van der Waals surface area contributed by atoms with Crippen LogP contribution in [-0.2, 0) is 6.54 Å². The second kappa shape index (κ2) is 8.20. The van der Waals surface area contributed by atoms with Crippen LogP contribution < -0.4 is 9.47 Å². The first-order valence-electron chi connectivity index (χ1n) is 9.23. The Morgan fingerprint density at radius 3 is 2.82 bits per heavy atom. The highest BCUT2D eigenvalue weighted by molar-refractivity contribution is 6.33. The summed E-state index contributed by atoms with van der Waals surface area (Å²) in [5.74, 6) is 2.76. The molecule has 0 saturated carbocycles. The van der Waals surface area contributed by atoms with E-state index < -0.39 is 0 Å². The predicted octanol–water partition coefficient (Wildman–Crippen LogP) is 4.74. The second-order valence-electron chi connectivity index (χ2n) is 6.73. The minimum atomic E-state index is 0.209. The van der Waals surface area contributed by atoms with Crippen LogP contribution in [0, 0.1) is 0 Å². The molecule has 0 bridgehead atoms. The molecule has 0 N–H and O–H groups in total. The Bertz CT molecular complexity index is 960. The van der Waals surface area contributed by atoms with Crippen molar-refractivity contribution in [2.75, 3.05) is 20.8 Å². The Kier molecular flexibility index (Phi) is 5.50. The van der Waals surface area contributed by atoms with Gasteiger partial charge in [0.15, 0.2) is 0 Å². The number of likely N-dealkylation sites (tertiary alicyclic amines) is 1. The maximum Gasteiger partial charge on any atom is 0.241 e. The molecule has 1 saturated heterocycles. The van der Waals surface area contributed by atoms with Gasteiger partial charge in [-0.3, -0.25) is 4.90 Å². The fraction of sp³-hybridized carbons (Fsp3) is 0.333. The minimum absolute atomic E-state index is 0.209. The van der Waals surface area contributed by atoms with Crippen molar-refractivity contribution in [2.24, 2.45) is 0 Å². The maximum atomic E-state index is 6.25. The van der Waals surface area contributed by atoms with E-state index in [-0.39, 0.29) is 6.04 Å². The third kappa shape index (κ3) is 3.70. The minimum Gasteiger partial charge on any atom is -0.497 e. The molecule has 1 aliphatic heterocycles. The second-order valence-corrected chi connectivity index (χ2v) is 7.14. The standard InChI is InChI=1S/C21H22ClN3O3/c1-26-14-9-10-19(27-2)16(12-14)18-8-5-11-25(18)13-20-23-21(24-28-20)15-6-3-4-7-17(15)22/h3-4,6-7,9-10,12,18H,5,8,11,13H2,1-2H3/t18-/m1/s1. The Hall–Kier alpha value is -2.57. The van der Waals surface area contributed by atoms with Gasteiger partial charge in [-0.1, -0.05) is 28.9 Å². The largest absolute Gasteiger partial charge is 0.497 e. The van der Waals surface area contributed by atoms with Crippen molar-refractivity contribution in [2.45, 2.75) is 25.4 Å². The van der Waals surface area contributed by atoms with Gasteiger partial charge >= 0.3 is 0 Å². The van der Waals surface area contributed by atoms with Gasteiger partial charge in [0, 0.05) is 17.2 Å². The molecule has 4 rings (SSSR count). The van der Waals surface area contributed by atoms with Crippen molar-refractivity contribution in [3.63, 3.8) is 0 Å². The van der Waals surface area contributed by atoms with E-state index in [1.54, 1.807) is 14.2 Å². The van der Waals surface area contributed by atoms with Gasteiger partial charge in [-0.2, -0.15) is 4.98 Å². The molecule has 1 fully saturated rings. The monoisotopic (exact) mass is 399 g/mol. The van der Waals surface area contributed by atoms with Gasteiger partial charge in [-0.15, -0.1) is 0 Å². The molecular formula is C21H22ClN3O3. The van der Waals surface area contributed by atoms with Gasteiger partial charge < -0.3 is 14.0 Å². The number of ether oxygens (including phenoxy) is 2. The molecule has 146 valence electrons. The van der Waals surface area contributed by atoms with E-state index >= 15 is 0 Å². The van der Waals surface area contributed by atoms with E-state index in [1.807, 2.05) is 42.5 Å². The highest BCUT2D eigenvalue weighted by Gasteiger charge is 2.30. The fourth-order valence-electron chi connectivity index (χ4n) is 3.71. The number of rotatable bonds is 6. The first-order valence-corrected chi connectivity index (χ1v) is 9.61. The van der Waals surface area contributed by atoms with Crippen molar-refractivity contribution in [3.8, 4) is 22.9 Å². The zero-order valence-electron chi connectivity index (χ0n) is 15.9. The van der Waals surface area contributed by atoms with Crippen LogP contribution in [0.15, 0.2) is 47.0 Å². The molecule has 0 unspecified atom stereocenters. The normalized spacial score (nSPS) is 17.0. The average molecular weight is 400 g/mol. The van der Waals surface area contributed by atoms with Crippen LogP contribution in [0.25, 0.3) is 11.4 Å². The molecule has 0 amide bonds. The molecule has 0 aliphatic carbocycles. The van der Waals surface area contributed by atoms with Gasteiger partial charge in [-0.05, 0) is 49.7 Å². The van der Waals surface area contributed by atoms with Crippen molar-refractivity contribution < 1.29 is 14.0 Å². The lowest BCUT2D eigenvalue weighted by molar-refractivity contribution is 0.209. The lowest BCUT2D eigenvalue weighted by atomic mass is 10.0. The number of hydrogen-bond acceptors (Lipinski definition) is 6. The van der Waals surface area contributed by atoms with Crippen molar-refractivity contribution in [3.05, 3.63) is 58.9 Å². The molecule has 1 aliphatic rings. The molecule has 28 heavy (non-hydrogen) atoms. The summed E-state index contributed by atoms with van der Waals surface area (Å²) < 4.78 is 16.5. The number of nitrogens with zero attached hydrogens (tertiary/aromatic N) is 3. The van der Waals surface area contributed by atoms with Gasteiger partial charge in [0.1, 0.15) is 11.5 Å². The lowest BCUT2D eigenvalue weighted by Crippen LogP contribution is -2.23. The highest BCUT2D eigenvalue weighted by atomic mass is 35.5. The maximum absolute atomic E-state index is 6.25. The quantitative estimate of drug-likeness (QED) is 0.596. The van der Waals surface area contributed by atoms with E-state index in [4.69, 9.17) is 25.6 Å². The summed E-state index contributed by atoms with van der Waals surface area (Å²) in [4.78, 5) is 6.88. The Morgan fingerprint density at radius 2 is 2.04 bits per heavy atom. The van der Waals surface area contributed by atoms with Crippen molar-refractivity contribution >= 4 is 11.6 Å². The van der Waals surface area contributed by atoms with E-state index in [1.165, 1.54) is 0 Å². The summed E-state index contributed by atoms with van der Waals surface area (Å²) in [6.45, 7) is 1.53. The Labute approximate surface area is 169 Å². The lowest BCUT2D eigenvalue weighted by Gasteiger charge is -2.25. The Morgan fingerprint density at radius 1 is 1.18 bits per heavy atom. The topological polar surface area (TPSA) is 60.6 Å². The van der Waals surface area contributed by atoms with Crippen LogP contribution in [0.3, 0.4) is 0 Å².